The molecule has 5 nitrogen and oxygen atoms in total. The molecule has 0 fully saturated rings. The molecule has 0 spiro atoms. The molecule has 0 saturated carbocycles. The lowest BCUT2D eigenvalue weighted by Crippen LogP contribution is -2.21. The molecular formula is C13H25N3O2. The molecule has 1 aromatic rings. The standard InChI is InChI=1S/C13H25N3O2/c1-6-8-14-10(7-2)12-16-15-11(18-12)9-17-13(3,4)5/h10,14H,6-9H2,1-5H3. The van der Waals surface area contributed by atoms with Crippen LogP contribution in [0, 0.1) is 0 Å². The van der Waals surface area contributed by atoms with E-state index in [1.54, 1.807) is 0 Å². The number of aromatic nitrogens is 2. The fourth-order valence-corrected chi connectivity index (χ4v) is 1.47. The molecule has 104 valence electrons. The van der Waals surface area contributed by atoms with Gasteiger partial charge in [-0.3, -0.25) is 0 Å². The topological polar surface area (TPSA) is 60.2 Å². The van der Waals surface area contributed by atoms with Crippen LogP contribution < -0.4 is 5.32 Å². The maximum atomic E-state index is 5.62. The van der Waals surface area contributed by atoms with Crippen molar-refractivity contribution in [2.24, 2.45) is 0 Å². The van der Waals surface area contributed by atoms with Crippen molar-refractivity contribution in [2.75, 3.05) is 6.54 Å². The van der Waals surface area contributed by atoms with Crippen molar-refractivity contribution in [3.8, 4) is 0 Å². The van der Waals surface area contributed by atoms with Gasteiger partial charge in [-0.2, -0.15) is 0 Å². The van der Waals surface area contributed by atoms with E-state index in [0.717, 1.165) is 19.4 Å². The highest BCUT2D eigenvalue weighted by Gasteiger charge is 2.17. The maximum Gasteiger partial charge on any atom is 0.242 e. The van der Waals surface area contributed by atoms with Crippen molar-refractivity contribution in [2.45, 2.75) is 65.7 Å². The van der Waals surface area contributed by atoms with Crippen LogP contribution in [-0.2, 0) is 11.3 Å². The quantitative estimate of drug-likeness (QED) is 0.811. The van der Waals surface area contributed by atoms with E-state index in [9.17, 15) is 0 Å². The van der Waals surface area contributed by atoms with Gasteiger partial charge >= 0.3 is 0 Å². The first kappa shape index (κ1) is 15.1. The number of ether oxygens (including phenoxy) is 1. The van der Waals surface area contributed by atoms with E-state index in [2.05, 4.69) is 29.4 Å². The summed E-state index contributed by atoms with van der Waals surface area (Å²) in [4.78, 5) is 0. The molecule has 0 aliphatic heterocycles. The first-order chi connectivity index (χ1) is 8.46. The average molecular weight is 255 g/mol. The van der Waals surface area contributed by atoms with Crippen LogP contribution in [0.25, 0.3) is 0 Å². The molecular weight excluding hydrogens is 230 g/mol. The fraction of sp³-hybridized carbons (Fsp3) is 0.846. The van der Waals surface area contributed by atoms with Gasteiger partial charge in [-0.05, 0) is 40.2 Å². The second-order valence-corrected chi connectivity index (χ2v) is 5.35. The number of hydrogen-bond acceptors (Lipinski definition) is 5. The predicted molar refractivity (Wildman–Crippen MR) is 70.2 cm³/mol. The van der Waals surface area contributed by atoms with Gasteiger partial charge in [0.2, 0.25) is 11.8 Å². The molecule has 0 radical (unpaired) electrons. The van der Waals surface area contributed by atoms with Crippen molar-refractivity contribution in [1.82, 2.24) is 15.5 Å². The normalized spacial score (nSPS) is 13.8. The predicted octanol–water partition coefficient (Wildman–Crippen LogP) is 2.84. The molecule has 1 aromatic heterocycles. The van der Waals surface area contributed by atoms with Gasteiger partial charge < -0.3 is 14.5 Å². The molecule has 1 heterocycles. The van der Waals surface area contributed by atoms with E-state index in [1.165, 1.54) is 0 Å². The highest BCUT2D eigenvalue weighted by atomic mass is 16.5. The third-order valence-corrected chi connectivity index (χ3v) is 2.46. The largest absolute Gasteiger partial charge is 0.421 e. The fourth-order valence-electron chi connectivity index (χ4n) is 1.47. The van der Waals surface area contributed by atoms with Crippen molar-refractivity contribution in [1.29, 1.82) is 0 Å². The number of nitrogens with zero attached hydrogens (tertiary/aromatic N) is 2. The molecule has 0 aromatic carbocycles. The lowest BCUT2D eigenvalue weighted by atomic mass is 10.2. The summed E-state index contributed by atoms with van der Waals surface area (Å²) in [5.74, 6) is 1.19. The van der Waals surface area contributed by atoms with Gasteiger partial charge in [-0.1, -0.05) is 13.8 Å². The van der Waals surface area contributed by atoms with Crippen LogP contribution in [0.4, 0.5) is 0 Å². The Bertz CT molecular complexity index is 344. The van der Waals surface area contributed by atoms with E-state index in [0.29, 0.717) is 18.4 Å². The number of nitrogens with one attached hydrogen (secondary N) is 1. The zero-order valence-electron chi connectivity index (χ0n) is 12.1. The van der Waals surface area contributed by atoms with Crippen molar-refractivity contribution in [3.63, 3.8) is 0 Å². The van der Waals surface area contributed by atoms with Gasteiger partial charge in [0, 0.05) is 0 Å². The van der Waals surface area contributed by atoms with E-state index >= 15 is 0 Å². The summed E-state index contributed by atoms with van der Waals surface area (Å²) in [6, 6.07) is 0.140. The Morgan fingerprint density at radius 1 is 1.28 bits per heavy atom. The zero-order chi connectivity index (χ0) is 13.6. The summed E-state index contributed by atoms with van der Waals surface area (Å²) in [5.41, 5.74) is -0.195. The molecule has 0 aliphatic carbocycles. The van der Waals surface area contributed by atoms with Gasteiger partial charge in [0.1, 0.15) is 6.61 Å². The highest BCUT2D eigenvalue weighted by Crippen LogP contribution is 2.17. The smallest absolute Gasteiger partial charge is 0.242 e. The summed E-state index contributed by atoms with van der Waals surface area (Å²) >= 11 is 0. The molecule has 1 rings (SSSR count). The maximum absolute atomic E-state index is 5.62. The summed E-state index contributed by atoms with van der Waals surface area (Å²) in [7, 11) is 0. The first-order valence-corrected chi connectivity index (χ1v) is 6.66. The van der Waals surface area contributed by atoms with E-state index in [4.69, 9.17) is 9.15 Å². The van der Waals surface area contributed by atoms with Crippen molar-refractivity contribution >= 4 is 0 Å². The van der Waals surface area contributed by atoms with Crippen LogP contribution in [0.15, 0.2) is 4.42 Å². The van der Waals surface area contributed by atoms with Crippen LogP contribution in [0.5, 0.6) is 0 Å². The zero-order valence-corrected chi connectivity index (χ0v) is 12.1. The minimum Gasteiger partial charge on any atom is -0.421 e. The van der Waals surface area contributed by atoms with Crippen LogP contribution >= 0.6 is 0 Å². The summed E-state index contributed by atoms with van der Waals surface area (Å²) < 4.78 is 11.2. The van der Waals surface area contributed by atoms with Crippen LogP contribution in [-0.4, -0.2) is 22.3 Å². The second-order valence-electron chi connectivity index (χ2n) is 5.35. The molecule has 0 aliphatic rings. The Morgan fingerprint density at radius 2 is 2.00 bits per heavy atom. The molecule has 1 atom stereocenters. The third-order valence-electron chi connectivity index (χ3n) is 2.46. The Kier molecular flexibility index (Phi) is 5.75. The van der Waals surface area contributed by atoms with Gasteiger partial charge in [-0.15, -0.1) is 10.2 Å². The molecule has 0 bridgehead atoms. The lowest BCUT2D eigenvalue weighted by molar-refractivity contribution is -0.0248. The molecule has 0 saturated heterocycles. The Labute approximate surface area is 109 Å². The monoisotopic (exact) mass is 255 g/mol. The van der Waals surface area contributed by atoms with Crippen LogP contribution in [0.1, 0.15) is 65.3 Å². The van der Waals surface area contributed by atoms with E-state index in [-0.39, 0.29) is 11.6 Å². The third kappa shape index (κ3) is 5.14. The molecule has 1 N–H and O–H groups in total. The van der Waals surface area contributed by atoms with Crippen molar-refractivity contribution in [3.05, 3.63) is 11.8 Å². The Hall–Kier alpha value is -0.940. The van der Waals surface area contributed by atoms with Gasteiger partial charge in [0.05, 0.1) is 11.6 Å². The van der Waals surface area contributed by atoms with Gasteiger partial charge in [0.15, 0.2) is 0 Å². The molecule has 1 unspecified atom stereocenters. The van der Waals surface area contributed by atoms with Crippen LogP contribution in [0.3, 0.4) is 0 Å². The van der Waals surface area contributed by atoms with E-state index < -0.39 is 0 Å². The lowest BCUT2D eigenvalue weighted by Gasteiger charge is -2.17. The molecule has 0 amide bonds. The Morgan fingerprint density at radius 3 is 2.56 bits per heavy atom. The minimum atomic E-state index is -0.195. The first-order valence-electron chi connectivity index (χ1n) is 6.66. The number of hydrogen-bond donors (Lipinski definition) is 1. The number of rotatable bonds is 7. The van der Waals surface area contributed by atoms with Crippen molar-refractivity contribution < 1.29 is 9.15 Å². The van der Waals surface area contributed by atoms with Gasteiger partial charge in [0.25, 0.3) is 0 Å². The summed E-state index contributed by atoms with van der Waals surface area (Å²) in [5, 5.41) is 11.5. The SMILES string of the molecule is CCCNC(CC)c1nnc(COC(C)(C)C)o1. The Balaban J connectivity index is 2.55. The van der Waals surface area contributed by atoms with E-state index in [1.807, 2.05) is 20.8 Å². The highest BCUT2D eigenvalue weighted by molar-refractivity contribution is 4.89. The molecule has 18 heavy (non-hydrogen) atoms. The summed E-state index contributed by atoms with van der Waals surface area (Å²) in [6.07, 6.45) is 2.02. The van der Waals surface area contributed by atoms with Gasteiger partial charge in [-0.25, -0.2) is 0 Å². The second kappa shape index (κ2) is 6.85. The average Bonchev–Trinajstić information content (AvgIpc) is 2.75. The minimum absolute atomic E-state index is 0.140. The molecule has 5 heteroatoms. The van der Waals surface area contributed by atoms with Crippen LogP contribution in [0.2, 0.25) is 0 Å². The summed E-state index contributed by atoms with van der Waals surface area (Å²) in [6.45, 7) is 11.6.